The highest BCUT2D eigenvalue weighted by molar-refractivity contribution is 7.89. The summed E-state index contributed by atoms with van der Waals surface area (Å²) in [6.07, 6.45) is 0. The van der Waals surface area contributed by atoms with Crippen LogP contribution in [0.3, 0.4) is 0 Å². The summed E-state index contributed by atoms with van der Waals surface area (Å²) in [5.41, 5.74) is 1.42. The third-order valence-electron chi connectivity index (χ3n) is 3.86. The van der Waals surface area contributed by atoms with Crippen molar-refractivity contribution in [1.82, 2.24) is 9.29 Å². The largest absolute Gasteiger partial charge is 0.497 e. The second kappa shape index (κ2) is 7.71. The van der Waals surface area contributed by atoms with Gasteiger partial charge < -0.3 is 14.0 Å². The lowest BCUT2D eigenvalue weighted by Crippen LogP contribution is -2.23. The van der Waals surface area contributed by atoms with Gasteiger partial charge in [0.15, 0.2) is 0 Å². The van der Waals surface area contributed by atoms with E-state index in [9.17, 15) is 13.2 Å². The molecule has 2 aromatic rings. The molecular formula is C17H22N2O5S. The molecule has 0 saturated heterocycles. The minimum atomic E-state index is -3.78. The van der Waals surface area contributed by atoms with Gasteiger partial charge in [-0.3, -0.25) is 0 Å². The Hall–Kier alpha value is -2.32. The van der Waals surface area contributed by atoms with E-state index in [0.717, 1.165) is 5.56 Å². The maximum atomic E-state index is 12.6. The fraction of sp³-hybridized carbons (Fsp3) is 0.353. The van der Waals surface area contributed by atoms with E-state index >= 15 is 0 Å². The lowest BCUT2D eigenvalue weighted by Gasteiger charge is -2.08. The van der Waals surface area contributed by atoms with Crippen LogP contribution in [0.15, 0.2) is 35.2 Å². The first-order valence-corrected chi connectivity index (χ1v) is 9.24. The van der Waals surface area contributed by atoms with Gasteiger partial charge in [0, 0.05) is 19.3 Å². The van der Waals surface area contributed by atoms with Crippen LogP contribution in [0.4, 0.5) is 0 Å². The molecule has 0 atom stereocenters. The molecule has 0 aliphatic carbocycles. The quantitative estimate of drug-likeness (QED) is 0.758. The molecule has 136 valence electrons. The summed E-state index contributed by atoms with van der Waals surface area (Å²) >= 11 is 0. The Morgan fingerprint density at radius 3 is 2.64 bits per heavy atom. The molecule has 0 bridgehead atoms. The first-order chi connectivity index (χ1) is 11.8. The van der Waals surface area contributed by atoms with Crippen molar-refractivity contribution in [2.24, 2.45) is 7.05 Å². The Labute approximate surface area is 147 Å². The smallest absolute Gasteiger partial charge is 0.354 e. The Balaban J connectivity index is 2.24. The van der Waals surface area contributed by atoms with Gasteiger partial charge in [0.1, 0.15) is 16.3 Å². The van der Waals surface area contributed by atoms with Gasteiger partial charge in [0.25, 0.3) is 0 Å². The van der Waals surface area contributed by atoms with E-state index in [4.69, 9.17) is 9.47 Å². The van der Waals surface area contributed by atoms with Crippen LogP contribution in [-0.4, -0.2) is 32.7 Å². The van der Waals surface area contributed by atoms with Gasteiger partial charge in [0.2, 0.25) is 10.0 Å². The minimum absolute atomic E-state index is 0.0564. The molecule has 8 heteroatoms. The van der Waals surface area contributed by atoms with Crippen LogP contribution in [0.25, 0.3) is 0 Å². The number of carbonyl (C=O) groups is 1. The van der Waals surface area contributed by atoms with Crippen molar-refractivity contribution in [1.29, 1.82) is 0 Å². The number of carbonyl (C=O) groups excluding carboxylic acids is 1. The second-order valence-electron chi connectivity index (χ2n) is 5.43. The molecule has 25 heavy (non-hydrogen) atoms. The first-order valence-electron chi connectivity index (χ1n) is 7.76. The van der Waals surface area contributed by atoms with E-state index in [-0.39, 0.29) is 23.7 Å². The average Bonchev–Trinajstić information content (AvgIpc) is 2.90. The van der Waals surface area contributed by atoms with Crippen LogP contribution < -0.4 is 9.46 Å². The molecule has 1 N–H and O–H groups in total. The lowest BCUT2D eigenvalue weighted by molar-refractivity contribution is 0.0515. The molecule has 2 rings (SSSR count). The minimum Gasteiger partial charge on any atom is -0.497 e. The Morgan fingerprint density at radius 1 is 1.28 bits per heavy atom. The van der Waals surface area contributed by atoms with Crippen LogP contribution >= 0.6 is 0 Å². The van der Waals surface area contributed by atoms with Crippen LogP contribution in [0.2, 0.25) is 0 Å². The zero-order chi connectivity index (χ0) is 18.6. The Bertz CT molecular complexity index is 871. The van der Waals surface area contributed by atoms with Crippen LogP contribution in [-0.2, 0) is 28.4 Å². The molecule has 1 aromatic heterocycles. The monoisotopic (exact) mass is 366 g/mol. The number of benzene rings is 1. The number of hydrogen-bond acceptors (Lipinski definition) is 5. The van der Waals surface area contributed by atoms with Crippen molar-refractivity contribution in [3.8, 4) is 5.75 Å². The van der Waals surface area contributed by atoms with Gasteiger partial charge in [-0.2, -0.15) is 0 Å². The summed E-state index contributed by atoms with van der Waals surface area (Å²) < 4.78 is 39.4. The van der Waals surface area contributed by atoms with Gasteiger partial charge in [-0.1, -0.05) is 12.1 Å². The molecule has 0 spiro atoms. The molecule has 0 amide bonds. The summed E-state index contributed by atoms with van der Waals surface area (Å²) in [6, 6.07) is 8.46. The number of esters is 1. The maximum absolute atomic E-state index is 12.6. The molecule has 0 aliphatic rings. The van der Waals surface area contributed by atoms with Crippen LogP contribution in [0.5, 0.6) is 5.75 Å². The molecule has 1 heterocycles. The van der Waals surface area contributed by atoms with Gasteiger partial charge in [-0.05, 0) is 37.6 Å². The second-order valence-corrected chi connectivity index (χ2v) is 7.17. The number of aromatic nitrogens is 1. The van der Waals surface area contributed by atoms with E-state index in [2.05, 4.69) is 4.72 Å². The molecular weight excluding hydrogens is 344 g/mol. The van der Waals surface area contributed by atoms with Crippen molar-refractivity contribution < 1.29 is 22.7 Å². The van der Waals surface area contributed by atoms with E-state index in [1.165, 1.54) is 10.6 Å². The summed E-state index contributed by atoms with van der Waals surface area (Å²) in [7, 11) is -0.601. The number of nitrogens with one attached hydrogen (secondary N) is 1. The molecule has 0 unspecified atom stereocenters. The third kappa shape index (κ3) is 4.21. The zero-order valence-corrected chi connectivity index (χ0v) is 15.5. The number of rotatable bonds is 7. The fourth-order valence-corrected chi connectivity index (χ4v) is 3.69. The van der Waals surface area contributed by atoms with Gasteiger partial charge in [-0.15, -0.1) is 0 Å². The van der Waals surface area contributed by atoms with E-state index in [1.54, 1.807) is 52.3 Å². The maximum Gasteiger partial charge on any atom is 0.354 e. The summed E-state index contributed by atoms with van der Waals surface area (Å²) in [4.78, 5) is 12.0. The van der Waals surface area contributed by atoms with Gasteiger partial charge >= 0.3 is 5.97 Å². The molecule has 0 aliphatic heterocycles. The van der Waals surface area contributed by atoms with E-state index in [0.29, 0.717) is 11.4 Å². The van der Waals surface area contributed by atoms with Crippen molar-refractivity contribution in [3.05, 3.63) is 47.3 Å². The first kappa shape index (κ1) is 19.0. The summed E-state index contributed by atoms with van der Waals surface area (Å²) in [6.45, 7) is 3.67. The van der Waals surface area contributed by atoms with Crippen molar-refractivity contribution in [2.75, 3.05) is 13.7 Å². The Morgan fingerprint density at radius 2 is 2.00 bits per heavy atom. The molecule has 1 aromatic carbocycles. The predicted octanol–water partition coefficient (Wildman–Crippen LogP) is 2.00. The number of nitrogens with zero attached hydrogens (tertiary/aromatic N) is 1. The van der Waals surface area contributed by atoms with Crippen molar-refractivity contribution in [2.45, 2.75) is 25.3 Å². The SMILES string of the molecule is CCOC(=O)c1cc(S(=O)(=O)NCc2cccc(OC)c2)c(C)n1C. The average molecular weight is 366 g/mol. The Kier molecular flexibility index (Phi) is 5.86. The van der Waals surface area contributed by atoms with E-state index < -0.39 is 16.0 Å². The van der Waals surface area contributed by atoms with Crippen molar-refractivity contribution in [3.63, 3.8) is 0 Å². The highest BCUT2D eigenvalue weighted by atomic mass is 32.2. The standard InChI is InChI=1S/C17H22N2O5S/c1-5-24-17(20)15-10-16(12(2)19(15)3)25(21,22)18-11-13-7-6-8-14(9-13)23-4/h6-10,18H,5,11H2,1-4H3. The molecule has 0 radical (unpaired) electrons. The molecule has 7 nitrogen and oxygen atoms in total. The van der Waals surface area contributed by atoms with Crippen LogP contribution in [0, 0.1) is 6.92 Å². The number of sulfonamides is 1. The topological polar surface area (TPSA) is 86.6 Å². The molecule has 0 fully saturated rings. The lowest BCUT2D eigenvalue weighted by atomic mass is 10.2. The van der Waals surface area contributed by atoms with Gasteiger partial charge in [-0.25, -0.2) is 17.9 Å². The highest BCUT2D eigenvalue weighted by Gasteiger charge is 2.24. The third-order valence-corrected chi connectivity index (χ3v) is 5.38. The summed E-state index contributed by atoms with van der Waals surface area (Å²) in [5, 5.41) is 0. The molecule has 0 saturated carbocycles. The normalized spacial score (nSPS) is 11.4. The zero-order valence-electron chi connectivity index (χ0n) is 14.7. The number of ether oxygens (including phenoxy) is 2. The predicted molar refractivity (Wildman–Crippen MR) is 93.1 cm³/mol. The van der Waals surface area contributed by atoms with Gasteiger partial charge in [0.05, 0.1) is 13.7 Å². The fourth-order valence-electron chi connectivity index (χ4n) is 2.38. The van der Waals surface area contributed by atoms with E-state index in [1.807, 2.05) is 0 Å². The number of hydrogen-bond donors (Lipinski definition) is 1. The highest BCUT2D eigenvalue weighted by Crippen LogP contribution is 2.21. The van der Waals surface area contributed by atoms with Crippen molar-refractivity contribution >= 4 is 16.0 Å². The van der Waals surface area contributed by atoms with Crippen LogP contribution in [0.1, 0.15) is 28.7 Å². The summed E-state index contributed by atoms with van der Waals surface area (Å²) in [5.74, 6) is 0.0968. The number of methoxy groups -OCH3 is 1.